The molecule has 162 valence electrons. The van der Waals surface area contributed by atoms with Crippen LogP contribution in [0.1, 0.15) is 29.0 Å². The lowest BCUT2D eigenvalue weighted by Crippen LogP contribution is -2.45. The molecule has 2 atom stereocenters. The van der Waals surface area contributed by atoms with Crippen LogP contribution in [0.25, 0.3) is 0 Å². The summed E-state index contributed by atoms with van der Waals surface area (Å²) in [6.45, 7) is 1.48. The first-order valence-corrected chi connectivity index (χ1v) is 9.71. The van der Waals surface area contributed by atoms with Crippen molar-refractivity contribution < 1.29 is 18.3 Å². The highest BCUT2D eigenvalue weighted by Gasteiger charge is 2.43. The molecule has 2 aromatic carbocycles. The Balaban J connectivity index is 0.00000256. The summed E-state index contributed by atoms with van der Waals surface area (Å²) in [4.78, 5) is 6.56. The Hall–Kier alpha value is -2.10. The average molecular weight is 529 g/mol. The largest absolute Gasteiger partial charge is 0.493 e. The van der Waals surface area contributed by atoms with Crippen LogP contribution in [0.3, 0.4) is 0 Å². The average Bonchev–Trinajstić information content (AvgIpc) is 3.49. The van der Waals surface area contributed by atoms with E-state index < -0.39 is 11.6 Å². The molecule has 5 nitrogen and oxygen atoms in total. The summed E-state index contributed by atoms with van der Waals surface area (Å²) in [7, 11) is 4.99. The summed E-state index contributed by atoms with van der Waals surface area (Å²) in [6.07, 6.45) is 1.54. The first kappa shape index (κ1) is 22.6. The van der Waals surface area contributed by atoms with Crippen molar-refractivity contribution in [3.63, 3.8) is 0 Å². The second kappa shape index (κ2) is 9.36. The predicted molar refractivity (Wildman–Crippen MR) is 123 cm³/mol. The van der Waals surface area contributed by atoms with Gasteiger partial charge in [-0.05, 0) is 48.2 Å². The minimum atomic E-state index is -0.484. The van der Waals surface area contributed by atoms with Crippen molar-refractivity contribution in [2.75, 3.05) is 27.8 Å². The highest BCUT2D eigenvalue weighted by molar-refractivity contribution is 14.0. The monoisotopic (exact) mass is 529 g/mol. The third-order valence-electron chi connectivity index (χ3n) is 5.70. The van der Waals surface area contributed by atoms with Crippen LogP contribution in [0.5, 0.6) is 11.5 Å². The Morgan fingerprint density at radius 1 is 1.10 bits per heavy atom. The Morgan fingerprint density at radius 3 is 2.33 bits per heavy atom. The maximum atomic E-state index is 14.1. The fraction of sp³-hybridized carbons (Fsp3) is 0.409. The van der Waals surface area contributed by atoms with Gasteiger partial charge >= 0.3 is 0 Å². The highest BCUT2D eigenvalue weighted by Crippen LogP contribution is 2.43. The molecule has 1 aliphatic carbocycles. The number of ether oxygens (including phenoxy) is 2. The normalized spacial score (nSPS) is 20.2. The molecular weight excluding hydrogens is 503 g/mol. The summed E-state index contributed by atoms with van der Waals surface area (Å²) in [5, 5.41) is 3.38. The van der Waals surface area contributed by atoms with Crippen molar-refractivity contribution >= 4 is 29.9 Å². The molecule has 0 amide bonds. The van der Waals surface area contributed by atoms with E-state index in [1.165, 1.54) is 23.8 Å². The van der Waals surface area contributed by atoms with Gasteiger partial charge in [-0.1, -0.05) is 6.07 Å². The number of guanidine groups is 1. The van der Waals surface area contributed by atoms with Crippen LogP contribution < -0.4 is 14.8 Å². The lowest BCUT2D eigenvalue weighted by atomic mass is 9.99. The molecule has 0 saturated heterocycles. The van der Waals surface area contributed by atoms with Crippen molar-refractivity contribution in [2.24, 2.45) is 4.99 Å². The third-order valence-corrected chi connectivity index (χ3v) is 5.70. The Labute approximate surface area is 192 Å². The van der Waals surface area contributed by atoms with Crippen molar-refractivity contribution in [2.45, 2.75) is 31.3 Å². The molecule has 1 heterocycles. The topological polar surface area (TPSA) is 46.1 Å². The van der Waals surface area contributed by atoms with Gasteiger partial charge in [-0.2, -0.15) is 0 Å². The van der Waals surface area contributed by atoms with E-state index in [1.54, 1.807) is 21.3 Å². The summed E-state index contributed by atoms with van der Waals surface area (Å²) >= 11 is 0. The molecule has 2 aromatic rings. The zero-order valence-electron chi connectivity index (χ0n) is 17.2. The number of nitrogens with zero attached hydrogens (tertiary/aromatic N) is 2. The van der Waals surface area contributed by atoms with Gasteiger partial charge in [0.25, 0.3) is 0 Å². The van der Waals surface area contributed by atoms with E-state index in [9.17, 15) is 8.78 Å². The van der Waals surface area contributed by atoms with E-state index in [0.717, 1.165) is 30.2 Å². The van der Waals surface area contributed by atoms with E-state index in [2.05, 4.69) is 15.2 Å². The molecule has 0 aromatic heterocycles. The zero-order chi connectivity index (χ0) is 20.5. The van der Waals surface area contributed by atoms with Crippen molar-refractivity contribution in [3.05, 3.63) is 58.7 Å². The number of hydrogen-bond acceptors (Lipinski definition) is 3. The molecule has 1 saturated carbocycles. The SMILES string of the molecule is CN=C(NC1CC1c1c(F)cccc1F)N1CCc2cc(OC)c(OC)cc2C1.I. The summed E-state index contributed by atoms with van der Waals surface area (Å²) in [6, 6.07) is 8.03. The Bertz CT molecular complexity index is 934. The van der Waals surface area contributed by atoms with Gasteiger partial charge < -0.3 is 19.7 Å². The molecule has 4 rings (SSSR count). The van der Waals surface area contributed by atoms with Crippen LogP contribution >= 0.6 is 24.0 Å². The standard InChI is InChI=1S/C22H25F2N3O2.HI/c1-25-22(26-18-11-15(18)21-16(23)5-4-6-17(21)24)27-8-7-13-9-19(28-2)20(29-3)10-14(13)12-27;/h4-6,9-10,15,18H,7-8,11-12H2,1-3H3,(H,25,26);1H. The molecule has 30 heavy (non-hydrogen) atoms. The Morgan fingerprint density at radius 2 is 1.73 bits per heavy atom. The number of methoxy groups -OCH3 is 2. The lowest BCUT2D eigenvalue weighted by Gasteiger charge is -2.32. The molecule has 0 radical (unpaired) electrons. The summed E-state index contributed by atoms with van der Waals surface area (Å²) < 4.78 is 38.9. The molecule has 1 fully saturated rings. The van der Waals surface area contributed by atoms with Crippen LogP contribution in [0.15, 0.2) is 35.3 Å². The van der Waals surface area contributed by atoms with Gasteiger partial charge in [0.2, 0.25) is 0 Å². The second-order valence-corrected chi connectivity index (χ2v) is 7.42. The van der Waals surface area contributed by atoms with Gasteiger partial charge in [-0.3, -0.25) is 4.99 Å². The van der Waals surface area contributed by atoms with E-state index in [4.69, 9.17) is 9.47 Å². The third kappa shape index (κ3) is 4.33. The quantitative estimate of drug-likeness (QED) is 0.369. The number of rotatable bonds is 4. The number of fused-ring (bicyclic) bond motifs is 1. The van der Waals surface area contributed by atoms with E-state index >= 15 is 0 Å². The molecule has 1 N–H and O–H groups in total. The van der Waals surface area contributed by atoms with Gasteiger partial charge in [0, 0.05) is 37.7 Å². The zero-order valence-corrected chi connectivity index (χ0v) is 19.6. The van der Waals surface area contributed by atoms with Crippen LogP contribution in [-0.4, -0.2) is 44.7 Å². The minimum absolute atomic E-state index is 0. The number of halogens is 3. The molecular formula is C22H26F2IN3O2. The van der Waals surface area contributed by atoms with Gasteiger partial charge in [-0.15, -0.1) is 24.0 Å². The predicted octanol–water partition coefficient (Wildman–Crippen LogP) is 4.09. The van der Waals surface area contributed by atoms with Crippen molar-refractivity contribution in [1.29, 1.82) is 0 Å². The maximum absolute atomic E-state index is 14.1. The smallest absolute Gasteiger partial charge is 0.194 e. The van der Waals surface area contributed by atoms with Gasteiger partial charge in [0.1, 0.15) is 11.6 Å². The number of nitrogens with one attached hydrogen (secondary N) is 1. The van der Waals surface area contributed by atoms with E-state index in [-0.39, 0.29) is 41.5 Å². The van der Waals surface area contributed by atoms with Crippen molar-refractivity contribution in [1.82, 2.24) is 10.2 Å². The lowest BCUT2D eigenvalue weighted by molar-refractivity contribution is 0.345. The molecule has 0 spiro atoms. The second-order valence-electron chi connectivity index (χ2n) is 7.42. The summed E-state index contributed by atoms with van der Waals surface area (Å²) in [5.74, 6) is 1.04. The molecule has 2 unspecified atom stereocenters. The number of hydrogen-bond donors (Lipinski definition) is 1. The van der Waals surface area contributed by atoms with E-state index in [1.807, 2.05) is 12.1 Å². The maximum Gasteiger partial charge on any atom is 0.194 e. The molecule has 1 aliphatic heterocycles. The number of aliphatic imine (C=N–C) groups is 1. The van der Waals surface area contributed by atoms with Gasteiger partial charge in [0.15, 0.2) is 17.5 Å². The van der Waals surface area contributed by atoms with Crippen LogP contribution in [0.4, 0.5) is 8.78 Å². The molecule has 8 heteroatoms. The van der Waals surface area contributed by atoms with Gasteiger partial charge in [-0.25, -0.2) is 8.78 Å². The molecule has 0 bridgehead atoms. The van der Waals surface area contributed by atoms with Gasteiger partial charge in [0.05, 0.1) is 14.2 Å². The number of benzene rings is 2. The van der Waals surface area contributed by atoms with Crippen LogP contribution in [0, 0.1) is 11.6 Å². The highest BCUT2D eigenvalue weighted by atomic mass is 127. The molecule has 2 aliphatic rings. The minimum Gasteiger partial charge on any atom is -0.493 e. The first-order chi connectivity index (χ1) is 14.0. The Kier molecular flexibility index (Phi) is 7.05. The van der Waals surface area contributed by atoms with Crippen molar-refractivity contribution in [3.8, 4) is 11.5 Å². The van der Waals surface area contributed by atoms with Crippen LogP contribution in [0.2, 0.25) is 0 Å². The fourth-order valence-corrected chi connectivity index (χ4v) is 4.07. The summed E-state index contributed by atoms with van der Waals surface area (Å²) in [5.41, 5.74) is 2.55. The van der Waals surface area contributed by atoms with Crippen LogP contribution in [-0.2, 0) is 13.0 Å². The van der Waals surface area contributed by atoms with E-state index in [0.29, 0.717) is 18.7 Å². The first-order valence-electron chi connectivity index (χ1n) is 9.71. The fourth-order valence-electron chi connectivity index (χ4n) is 4.07.